The van der Waals surface area contributed by atoms with Gasteiger partial charge in [-0.15, -0.1) is 0 Å². The van der Waals surface area contributed by atoms with E-state index in [9.17, 15) is 0 Å². The Balaban J connectivity index is 2.15. The molecule has 1 aromatic carbocycles. The van der Waals surface area contributed by atoms with Gasteiger partial charge in [0.2, 0.25) is 0 Å². The molecule has 0 amide bonds. The van der Waals surface area contributed by atoms with E-state index in [-0.39, 0.29) is 6.04 Å². The van der Waals surface area contributed by atoms with E-state index in [2.05, 4.69) is 34.2 Å². The van der Waals surface area contributed by atoms with Gasteiger partial charge in [0, 0.05) is 0 Å². The van der Waals surface area contributed by atoms with Crippen LogP contribution < -0.4 is 0 Å². The van der Waals surface area contributed by atoms with Gasteiger partial charge in [-0.3, -0.25) is 5.10 Å². The van der Waals surface area contributed by atoms with Gasteiger partial charge in [0.25, 0.3) is 0 Å². The smallest absolute Gasteiger partial charge is 0.159 e. The molecule has 2 heterocycles. The first-order valence-corrected chi connectivity index (χ1v) is 6.13. The highest BCUT2D eigenvalue weighted by Crippen LogP contribution is 2.20. The molecule has 0 saturated heterocycles. The fourth-order valence-corrected chi connectivity index (χ4v) is 2.37. The van der Waals surface area contributed by atoms with Crippen LogP contribution in [-0.4, -0.2) is 19.7 Å². The average Bonchev–Trinajstić information content (AvgIpc) is 2.89. The summed E-state index contributed by atoms with van der Waals surface area (Å²) in [6.45, 7) is 2.11. The van der Waals surface area contributed by atoms with Crippen LogP contribution in [-0.2, 0) is 0 Å². The molecule has 3 rings (SSSR count). The molecule has 0 bridgehead atoms. The number of nitrogens with zero attached hydrogens (tertiary/aromatic N) is 3. The molecular weight excluding hydrogens is 244 g/mol. The number of rotatable bonds is 2. The molecule has 90 valence electrons. The number of fused-ring (bicyclic) bond motifs is 1. The number of nitrogens with one attached hydrogen (secondary N) is 1. The van der Waals surface area contributed by atoms with Crippen molar-refractivity contribution in [3.05, 3.63) is 53.1 Å². The first-order valence-electron chi connectivity index (χ1n) is 5.72. The summed E-state index contributed by atoms with van der Waals surface area (Å²) in [4.78, 5) is 4.33. The van der Waals surface area contributed by atoms with Gasteiger partial charge >= 0.3 is 0 Å². The molecule has 0 aliphatic rings. The standard InChI is InChI=1S/C13H12N4S/c1-9(10-5-3-2-4-6-10)17-8-14-12-11(13(17)18)7-15-16-12/h2-9H,1H3,(H,15,16). The zero-order valence-electron chi connectivity index (χ0n) is 9.87. The summed E-state index contributed by atoms with van der Waals surface area (Å²) in [6.07, 6.45) is 3.49. The summed E-state index contributed by atoms with van der Waals surface area (Å²) in [5, 5.41) is 7.68. The van der Waals surface area contributed by atoms with E-state index in [1.165, 1.54) is 5.56 Å². The summed E-state index contributed by atoms with van der Waals surface area (Å²) < 4.78 is 2.74. The van der Waals surface area contributed by atoms with Gasteiger partial charge in [-0.25, -0.2) is 4.98 Å². The molecule has 4 nitrogen and oxygen atoms in total. The van der Waals surface area contributed by atoms with Crippen molar-refractivity contribution in [2.24, 2.45) is 0 Å². The van der Waals surface area contributed by atoms with Crippen molar-refractivity contribution >= 4 is 23.3 Å². The van der Waals surface area contributed by atoms with Gasteiger partial charge in [0.15, 0.2) is 5.65 Å². The van der Waals surface area contributed by atoms with Crippen LogP contribution in [0, 0.1) is 4.64 Å². The summed E-state index contributed by atoms with van der Waals surface area (Å²) in [5.41, 5.74) is 1.94. The van der Waals surface area contributed by atoms with Gasteiger partial charge < -0.3 is 4.57 Å². The Labute approximate surface area is 109 Å². The Kier molecular flexibility index (Phi) is 2.68. The molecule has 1 N–H and O–H groups in total. The lowest BCUT2D eigenvalue weighted by Crippen LogP contribution is -2.09. The maximum atomic E-state index is 5.49. The highest BCUT2D eigenvalue weighted by atomic mass is 32.1. The minimum atomic E-state index is 0.158. The van der Waals surface area contributed by atoms with E-state index >= 15 is 0 Å². The van der Waals surface area contributed by atoms with Crippen LogP contribution in [0.15, 0.2) is 42.9 Å². The summed E-state index contributed by atoms with van der Waals surface area (Å²) in [5.74, 6) is 0. The fraction of sp³-hybridized carbons (Fsp3) is 0.154. The summed E-state index contributed by atoms with van der Waals surface area (Å²) in [6, 6.07) is 10.4. The zero-order valence-corrected chi connectivity index (χ0v) is 10.7. The molecule has 3 aromatic rings. The molecule has 2 aromatic heterocycles. The topological polar surface area (TPSA) is 46.5 Å². The minimum absolute atomic E-state index is 0.158. The molecule has 18 heavy (non-hydrogen) atoms. The Morgan fingerprint density at radius 3 is 2.83 bits per heavy atom. The first-order chi connectivity index (χ1) is 8.77. The van der Waals surface area contributed by atoms with Crippen molar-refractivity contribution in [3.8, 4) is 0 Å². The molecule has 0 spiro atoms. The fourth-order valence-electron chi connectivity index (χ4n) is 2.01. The van der Waals surface area contributed by atoms with Gasteiger partial charge in [-0.2, -0.15) is 5.10 Å². The molecular formula is C13H12N4S. The predicted octanol–water partition coefficient (Wildman–Crippen LogP) is 3.10. The maximum Gasteiger partial charge on any atom is 0.159 e. The number of H-pyrrole nitrogens is 1. The van der Waals surface area contributed by atoms with Crippen LogP contribution in [0.3, 0.4) is 0 Å². The molecule has 0 aliphatic heterocycles. The normalized spacial score (nSPS) is 12.7. The van der Waals surface area contributed by atoms with Crippen molar-refractivity contribution in [3.63, 3.8) is 0 Å². The van der Waals surface area contributed by atoms with E-state index in [1.807, 2.05) is 22.8 Å². The molecule has 0 saturated carbocycles. The monoisotopic (exact) mass is 256 g/mol. The van der Waals surface area contributed by atoms with E-state index in [0.29, 0.717) is 0 Å². The Bertz CT molecular complexity index is 729. The number of aromatic nitrogens is 4. The minimum Gasteiger partial charge on any atom is -0.315 e. The molecule has 5 heteroatoms. The van der Waals surface area contributed by atoms with Crippen LogP contribution in [0.1, 0.15) is 18.5 Å². The average molecular weight is 256 g/mol. The SMILES string of the molecule is CC(c1ccccc1)n1cnc2[nH]ncc2c1=S. The van der Waals surface area contributed by atoms with Crippen LogP contribution in [0.5, 0.6) is 0 Å². The van der Waals surface area contributed by atoms with E-state index < -0.39 is 0 Å². The molecule has 0 fully saturated rings. The lowest BCUT2D eigenvalue weighted by atomic mass is 10.1. The number of benzene rings is 1. The number of hydrogen-bond acceptors (Lipinski definition) is 3. The Hall–Kier alpha value is -2.01. The van der Waals surface area contributed by atoms with Gasteiger partial charge in [-0.1, -0.05) is 42.5 Å². The Morgan fingerprint density at radius 2 is 2.06 bits per heavy atom. The second-order valence-corrected chi connectivity index (χ2v) is 4.56. The molecule has 1 unspecified atom stereocenters. The molecule has 0 aliphatic carbocycles. The van der Waals surface area contributed by atoms with Crippen molar-refractivity contribution in [2.45, 2.75) is 13.0 Å². The highest BCUT2D eigenvalue weighted by Gasteiger charge is 2.10. The third-order valence-corrected chi connectivity index (χ3v) is 3.53. The van der Waals surface area contributed by atoms with E-state index in [1.54, 1.807) is 12.5 Å². The number of hydrogen-bond donors (Lipinski definition) is 1. The van der Waals surface area contributed by atoms with Crippen LogP contribution in [0.2, 0.25) is 0 Å². The predicted molar refractivity (Wildman–Crippen MR) is 73.0 cm³/mol. The van der Waals surface area contributed by atoms with Gasteiger partial charge in [-0.05, 0) is 12.5 Å². The van der Waals surface area contributed by atoms with Crippen LogP contribution >= 0.6 is 12.2 Å². The Morgan fingerprint density at radius 1 is 1.28 bits per heavy atom. The van der Waals surface area contributed by atoms with Gasteiger partial charge in [0.05, 0.1) is 24.0 Å². The zero-order chi connectivity index (χ0) is 12.5. The third-order valence-electron chi connectivity index (χ3n) is 3.09. The highest BCUT2D eigenvalue weighted by molar-refractivity contribution is 7.71. The van der Waals surface area contributed by atoms with E-state index in [0.717, 1.165) is 15.7 Å². The van der Waals surface area contributed by atoms with E-state index in [4.69, 9.17) is 12.2 Å². The van der Waals surface area contributed by atoms with Crippen molar-refractivity contribution in [1.29, 1.82) is 0 Å². The molecule has 0 radical (unpaired) electrons. The largest absolute Gasteiger partial charge is 0.315 e. The van der Waals surface area contributed by atoms with Crippen molar-refractivity contribution in [2.75, 3.05) is 0 Å². The van der Waals surface area contributed by atoms with Crippen LogP contribution in [0.4, 0.5) is 0 Å². The molecule has 1 atom stereocenters. The van der Waals surface area contributed by atoms with Gasteiger partial charge in [0.1, 0.15) is 4.64 Å². The maximum absolute atomic E-state index is 5.49. The van der Waals surface area contributed by atoms with Crippen LogP contribution in [0.25, 0.3) is 11.0 Å². The summed E-state index contributed by atoms with van der Waals surface area (Å²) in [7, 11) is 0. The quantitative estimate of drug-likeness (QED) is 0.717. The third kappa shape index (κ3) is 1.73. The summed E-state index contributed by atoms with van der Waals surface area (Å²) >= 11 is 5.49. The number of aromatic amines is 1. The van der Waals surface area contributed by atoms with Crippen molar-refractivity contribution in [1.82, 2.24) is 19.7 Å². The first kappa shape index (κ1) is 11.1. The lowest BCUT2D eigenvalue weighted by molar-refractivity contribution is 0.620. The second kappa shape index (κ2) is 4.34. The lowest BCUT2D eigenvalue weighted by Gasteiger charge is -2.16. The second-order valence-electron chi connectivity index (χ2n) is 4.18. The van der Waals surface area contributed by atoms with Crippen molar-refractivity contribution < 1.29 is 0 Å².